The van der Waals surface area contributed by atoms with Gasteiger partial charge in [0.15, 0.2) is 5.69 Å². The Labute approximate surface area is 148 Å². The van der Waals surface area contributed by atoms with E-state index in [-0.39, 0.29) is 24.4 Å². The van der Waals surface area contributed by atoms with Crippen LogP contribution in [0.4, 0.5) is 13.2 Å². The molecule has 26 heavy (non-hydrogen) atoms. The van der Waals surface area contributed by atoms with Crippen molar-refractivity contribution in [3.8, 4) is 0 Å². The highest BCUT2D eigenvalue weighted by molar-refractivity contribution is 5.76. The van der Waals surface area contributed by atoms with Gasteiger partial charge in [-0.2, -0.15) is 18.3 Å². The standard InChI is InChI=1S/C17H21F3N4O2/c1-10(2)14-8-12(22-26-14)13-5-4-6-23(13)16(25)9-24-11(3)7-15(21-24)17(18,19)20/h7-8,10,13H,4-6,9H2,1-3H3/t13-/m1/s1. The highest BCUT2D eigenvalue weighted by Crippen LogP contribution is 2.33. The Balaban J connectivity index is 1.75. The Morgan fingerprint density at radius 3 is 2.69 bits per heavy atom. The predicted octanol–water partition coefficient (Wildman–Crippen LogP) is 3.69. The first kappa shape index (κ1) is 18.5. The molecule has 0 unspecified atom stereocenters. The van der Waals surface area contributed by atoms with Crippen molar-refractivity contribution in [3.63, 3.8) is 0 Å². The van der Waals surface area contributed by atoms with Gasteiger partial charge in [-0.15, -0.1) is 0 Å². The van der Waals surface area contributed by atoms with Crippen molar-refractivity contribution in [1.82, 2.24) is 19.8 Å². The molecule has 2 aromatic heterocycles. The molecular weight excluding hydrogens is 349 g/mol. The summed E-state index contributed by atoms with van der Waals surface area (Å²) in [7, 11) is 0. The van der Waals surface area contributed by atoms with Gasteiger partial charge in [0.25, 0.3) is 0 Å². The highest BCUT2D eigenvalue weighted by Gasteiger charge is 2.36. The average molecular weight is 370 g/mol. The van der Waals surface area contributed by atoms with Gasteiger partial charge in [-0.1, -0.05) is 19.0 Å². The van der Waals surface area contributed by atoms with Crippen LogP contribution < -0.4 is 0 Å². The van der Waals surface area contributed by atoms with Gasteiger partial charge in [-0.25, -0.2) is 0 Å². The van der Waals surface area contributed by atoms with Gasteiger partial charge in [0.2, 0.25) is 5.91 Å². The van der Waals surface area contributed by atoms with Crippen LogP contribution in [-0.4, -0.2) is 32.3 Å². The summed E-state index contributed by atoms with van der Waals surface area (Å²) in [6, 6.07) is 2.58. The number of rotatable bonds is 4. The quantitative estimate of drug-likeness (QED) is 0.823. The first-order valence-electron chi connectivity index (χ1n) is 8.54. The zero-order chi connectivity index (χ0) is 19.1. The van der Waals surface area contributed by atoms with E-state index >= 15 is 0 Å². The normalized spacial score (nSPS) is 18.1. The Hall–Kier alpha value is -2.32. The van der Waals surface area contributed by atoms with Crippen molar-refractivity contribution in [1.29, 1.82) is 0 Å². The molecule has 1 aliphatic heterocycles. The molecule has 1 aliphatic rings. The second kappa shape index (κ2) is 6.77. The second-order valence-electron chi connectivity index (χ2n) is 6.88. The minimum atomic E-state index is -4.52. The van der Waals surface area contributed by atoms with Crippen molar-refractivity contribution in [3.05, 3.63) is 35.0 Å². The highest BCUT2D eigenvalue weighted by atomic mass is 19.4. The molecule has 142 valence electrons. The van der Waals surface area contributed by atoms with Gasteiger partial charge in [0.05, 0.1) is 6.04 Å². The summed E-state index contributed by atoms with van der Waals surface area (Å²) in [4.78, 5) is 14.3. The van der Waals surface area contributed by atoms with Gasteiger partial charge in [0.1, 0.15) is 18.0 Å². The fraction of sp³-hybridized carbons (Fsp3) is 0.588. The number of halogens is 3. The molecule has 1 amide bonds. The lowest BCUT2D eigenvalue weighted by Crippen LogP contribution is -2.34. The van der Waals surface area contributed by atoms with Crippen molar-refractivity contribution in [2.24, 2.45) is 0 Å². The van der Waals surface area contributed by atoms with Crippen molar-refractivity contribution >= 4 is 5.91 Å². The Kier molecular flexibility index (Phi) is 4.81. The van der Waals surface area contributed by atoms with Crippen LogP contribution in [0.2, 0.25) is 0 Å². The third-order valence-electron chi connectivity index (χ3n) is 4.59. The number of carbonyl (C=O) groups is 1. The maximum atomic E-state index is 12.8. The number of aromatic nitrogens is 3. The Bertz CT molecular complexity index is 794. The molecule has 0 saturated carbocycles. The fourth-order valence-corrected chi connectivity index (χ4v) is 3.13. The molecule has 0 radical (unpaired) electrons. The summed E-state index contributed by atoms with van der Waals surface area (Å²) < 4.78 is 44.8. The van der Waals surface area contributed by atoms with Crippen LogP contribution in [0, 0.1) is 6.92 Å². The topological polar surface area (TPSA) is 64.2 Å². The third-order valence-corrected chi connectivity index (χ3v) is 4.59. The zero-order valence-electron chi connectivity index (χ0n) is 14.9. The van der Waals surface area contributed by atoms with Gasteiger partial charge in [-0.05, 0) is 25.8 Å². The molecule has 1 atom stereocenters. The average Bonchev–Trinajstić information content (AvgIpc) is 3.24. The van der Waals surface area contributed by atoms with Crippen LogP contribution in [0.15, 0.2) is 16.7 Å². The first-order chi connectivity index (χ1) is 12.2. The Morgan fingerprint density at radius 2 is 2.12 bits per heavy atom. The van der Waals surface area contributed by atoms with E-state index < -0.39 is 11.9 Å². The molecule has 0 aromatic carbocycles. The maximum absolute atomic E-state index is 12.8. The van der Waals surface area contributed by atoms with Crippen LogP contribution in [-0.2, 0) is 17.5 Å². The monoisotopic (exact) mass is 370 g/mol. The summed E-state index contributed by atoms with van der Waals surface area (Å²) in [5, 5.41) is 7.60. The van der Waals surface area contributed by atoms with Crippen LogP contribution in [0.25, 0.3) is 0 Å². The maximum Gasteiger partial charge on any atom is 0.435 e. The van der Waals surface area contributed by atoms with E-state index in [2.05, 4.69) is 10.3 Å². The lowest BCUT2D eigenvalue weighted by molar-refractivity contribution is -0.142. The number of aryl methyl sites for hydroxylation is 1. The lowest BCUT2D eigenvalue weighted by atomic mass is 10.1. The Morgan fingerprint density at radius 1 is 1.38 bits per heavy atom. The summed E-state index contributed by atoms with van der Waals surface area (Å²) in [6.07, 6.45) is -2.96. The number of likely N-dealkylation sites (tertiary alicyclic amines) is 1. The van der Waals surface area contributed by atoms with Gasteiger partial charge >= 0.3 is 6.18 Å². The van der Waals surface area contributed by atoms with E-state index in [0.717, 1.165) is 29.4 Å². The molecule has 3 rings (SSSR count). The van der Waals surface area contributed by atoms with Crippen LogP contribution >= 0.6 is 0 Å². The van der Waals surface area contributed by atoms with Crippen LogP contribution in [0.1, 0.15) is 61.5 Å². The van der Waals surface area contributed by atoms with E-state index in [1.54, 1.807) is 4.90 Å². The molecular formula is C17H21F3N4O2. The number of nitrogens with zero attached hydrogens (tertiary/aromatic N) is 4. The molecule has 1 saturated heterocycles. The van der Waals surface area contributed by atoms with E-state index in [1.807, 2.05) is 19.9 Å². The van der Waals surface area contributed by atoms with Crippen LogP contribution in [0.3, 0.4) is 0 Å². The molecule has 2 aromatic rings. The summed E-state index contributed by atoms with van der Waals surface area (Å²) >= 11 is 0. The molecule has 0 N–H and O–H groups in total. The minimum Gasteiger partial charge on any atom is -0.361 e. The lowest BCUT2D eigenvalue weighted by Gasteiger charge is -2.23. The molecule has 0 aliphatic carbocycles. The molecule has 0 bridgehead atoms. The van der Waals surface area contributed by atoms with Crippen molar-refractivity contribution in [2.75, 3.05) is 6.54 Å². The van der Waals surface area contributed by atoms with Gasteiger partial charge in [0, 0.05) is 24.2 Å². The fourth-order valence-electron chi connectivity index (χ4n) is 3.13. The van der Waals surface area contributed by atoms with Crippen molar-refractivity contribution in [2.45, 2.75) is 58.3 Å². The largest absolute Gasteiger partial charge is 0.435 e. The molecule has 1 fully saturated rings. The molecule has 6 nitrogen and oxygen atoms in total. The SMILES string of the molecule is Cc1cc(C(F)(F)F)nn1CC(=O)N1CCC[C@@H]1c1cc(C(C)C)on1. The van der Waals surface area contributed by atoms with Gasteiger partial charge in [-0.3, -0.25) is 9.48 Å². The van der Waals surface area contributed by atoms with E-state index in [4.69, 9.17) is 4.52 Å². The van der Waals surface area contributed by atoms with E-state index in [0.29, 0.717) is 17.9 Å². The smallest absolute Gasteiger partial charge is 0.361 e. The second-order valence-corrected chi connectivity index (χ2v) is 6.88. The predicted molar refractivity (Wildman–Crippen MR) is 86.2 cm³/mol. The molecule has 0 spiro atoms. The van der Waals surface area contributed by atoms with Gasteiger partial charge < -0.3 is 9.42 Å². The zero-order valence-corrected chi connectivity index (χ0v) is 14.9. The van der Waals surface area contributed by atoms with Crippen LogP contribution in [0.5, 0.6) is 0 Å². The van der Waals surface area contributed by atoms with Crippen molar-refractivity contribution < 1.29 is 22.5 Å². The summed E-state index contributed by atoms with van der Waals surface area (Å²) in [6.45, 7) is 5.79. The molecule has 9 heteroatoms. The van der Waals surface area contributed by atoms with E-state index in [9.17, 15) is 18.0 Å². The number of alkyl halides is 3. The number of carbonyl (C=O) groups excluding carboxylic acids is 1. The first-order valence-corrected chi connectivity index (χ1v) is 8.54. The summed E-state index contributed by atoms with van der Waals surface area (Å²) in [5.41, 5.74) is -0.00322. The summed E-state index contributed by atoms with van der Waals surface area (Å²) in [5.74, 6) is 0.660. The number of hydrogen-bond acceptors (Lipinski definition) is 4. The van der Waals surface area contributed by atoms with E-state index in [1.165, 1.54) is 6.92 Å². The third kappa shape index (κ3) is 3.61. The number of hydrogen-bond donors (Lipinski definition) is 0. The minimum absolute atomic E-state index is 0.189. The number of amides is 1. The molecule has 3 heterocycles.